The number of hydrogen-bond acceptors (Lipinski definition) is 1. The molecule has 1 nitrogen and oxygen atoms in total. The zero-order valence-corrected chi connectivity index (χ0v) is 15.9. The summed E-state index contributed by atoms with van der Waals surface area (Å²) in [6, 6.07) is 21.7. The van der Waals surface area contributed by atoms with E-state index in [1.807, 2.05) is 0 Å². The predicted molar refractivity (Wildman–Crippen MR) is 108 cm³/mol. The molecule has 1 heterocycles. The molecule has 0 bridgehead atoms. The second kappa shape index (κ2) is 7.39. The van der Waals surface area contributed by atoms with Crippen LogP contribution in [-0.4, -0.2) is 5.71 Å². The average molecular weight is 332 g/mol. The molecule has 0 aromatic heterocycles. The van der Waals surface area contributed by atoms with Crippen LogP contribution < -0.4 is 0 Å². The van der Waals surface area contributed by atoms with Crippen molar-refractivity contribution >= 4 is 5.71 Å². The lowest BCUT2D eigenvalue weighted by Crippen LogP contribution is -2.27. The van der Waals surface area contributed by atoms with Gasteiger partial charge in [-0.1, -0.05) is 88.4 Å². The van der Waals surface area contributed by atoms with Crippen LogP contribution in [0.3, 0.4) is 0 Å². The molecule has 0 amide bonds. The molecule has 25 heavy (non-hydrogen) atoms. The summed E-state index contributed by atoms with van der Waals surface area (Å²) >= 11 is 0. The van der Waals surface area contributed by atoms with E-state index >= 15 is 0 Å². The van der Waals surface area contributed by atoms with Crippen molar-refractivity contribution in [1.29, 1.82) is 0 Å². The minimum absolute atomic E-state index is 0.123. The largest absolute Gasteiger partial charge is 0.265 e. The minimum atomic E-state index is 0.123. The van der Waals surface area contributed by atoms with Gasteiger partial charge in [-0.05, 0) is 35.5 Å². The van der Waals surface area contributed by atoms with E-state index in [4.69, 9.17) is 4.99 Å². The van der Waals surface area contributed by atoms with Crippen molar-refractivity contribution in [2.45, 2.75) is 46.5 Å². The second-order valence-corrected chi connectivity index (χ2v) is 8.21. The Morgan fingerprint density at radius 1 is 0.960 bits per heavy atom. The number of rotatable bonds is 4. The summed E-state index contributed by atoms with van der Waals surface area (Å²) in [5.41, 5.74) is 5.69. The maximum atomic E-state index is 4.88. The highest BCUT2D eigenvalue weighted by atomic mass is 14.8. The van der Waals surface area contributed by atoms with E-state index in [1.54, 1.807) is 0 Å². The van der Waals surface area contributed by atoms with Gasteiger partial charge in [0, 0.05) is 23.2 Å². The summed E-state index contributed by atoms with van der Waals surface area (Å²) < 4.78 is 0. The Balaban J connectivity index is 1.92. The summed E-state index contributed by atoms with van der Waals surface area (Å²) in [7, 11) is 0. The van der Waals surface area contributed by atoms with Crippen LogP contribution in [0.1, 0.15) is 51.2 Å². The van der Waals surface area contributed by atoms with Crippen LogP contribution in [0.15, 0.2) is 77.4 Å². The summed E-state index contributed by atoms with van der Waals surface area (Å²) in [5, 5.41) is 0. The maximum Gasteiger partial charge on any atom is 0.0268 e. The van der Waals surface area contributed by atoms with Crippen molar-refractivity contribution in [2.75, 3.05) is 0 Å². The van der Waals surface area contributed by atoms with Crippen molar-refractivity contribution in [3.05, 3.63) is 83.6 Å². The zero-order chi connectivity index (χ0) is 17.9. The van der Waals surface area contributed by atoms with E-state index in [-0.39, 0.29) is 5.41 Å². The molecule has 1 aliphatic heterocycles. The van der Waals surface area contributed by atoms with Gasteiger partial charge in [0.15, 0.2) is 0 Å². The fraction of sp³-hybridized carbons (Fsp3) is 0.375. The van der Waals surface area contributed by atoms with E-state index in [0.717, 1.165) is 12.8 Å². The Bertz CT molecular complexity index is 748. The Morgan fingerprint density at radius 3 is 2.16 bits per heavy atom. The summed E-state index contributed by atoms with van der Waals surface area (Å²) in [6.45, 7) is 9.13. The quantitative estimate of drug-likeness (QED) is 0.612. The monoisotopic (exact) mass is 331 g/mol. The molecule has 3 rings (SSSR count). The predicted octanol–water partition coefficient (Wildman–Crippen LogP) is 6.42. The van der Waals surface area contributed by atoms with Crippen molar-refractivity contribution in [3.8, 4) is 0 Å². The van der Waals surface area contributed by atoms with E-state index in [2.05, 4.69) is 94.6 Å². The molecule has 1 aliphatic rings. The highest BCUT2D eigenvalue weighted by Gasteiger charge is 2.30. The van der Waals surface area contributed by atoms with Gasteiger partial charge >= 0.3 is 0 Å². The third kappa shape index (κ3) is 4.28. The molecule has 2 aromatic rings. The lowest BCUT2D eigenvalue weighted by molar-refractivity contribution is 0.543. The molecule has 0 spiro atoms. The molecule has 0 fully saturated rings. The first-order valence-electron chi connectivity index (χ1n) is 9.31. The number of allylic oxidation sites excluding steroid dienone is 1. The molecular formula is C24H29N. The van der Waals surface area contributed by atoms with Crippen LogP contribution in [0.25, 0.3) is 0 Å². The first-order chi connectivity index (χ1) is 11.9. The summed E-state index contributed by atoms with van der Waals surface area (Å²) in [5.74, 6) is 0.921. The Labute approximate surface area is 152 Å². The van der Waals surface area contributed by atoms with E-state index in [9.17, 15) is 0 Å². The smallest absolute Gasteiger partial charge is 0.0268 e. The van der Waals surface area contributed by atoms with Gasteiger partial charge in [-0.2, -0.15) is 0 Å². The van der Waals surface area contributed by atoms with Crippen LogP contribution in [-0.2, 0) is 6.42 Å². The van der Waals surface area contributed by atoms with Gasteiger partial charge in [0.1, 0.15) is 0 Å². The van der Waals surface area contributed by atoms with E-state index in [0.29, 0.717) is 11.8 Å². The lowest BCUT2D eigenvalue weighted by Gasteiger charge is -2.33. The topological polar surface area (TPSA) is 12.4 Å². The van der Waals surface area contributed by atoms with E-state index < -0.39 is 0 Å². The number of hydrogen-bond donors (Lipinski definition) is 0. The molecule has 0 saturated heterocycles. The molecular weight excluding hydrogens is 302 g/mol. The highest BCUT2D eigenvalue weighted by molar-refractivity contribution is 5.91. The Kier molecular flexibility index (Phi) is 5.22. The minimum Gasteiger partial charge on any atom is -0.265 e. The van der Waals surface area contributed by atoms with Gasteiger partial charge in [0.2, 0.25) is 0 Å². The SMILES string of the molecule is CC(Cc1ccccc1)C1=CN=C(C(C)(C)C)CC1c1ccccc1. The molecule has 1 heteroatoms. The van der Waals surface area contributed by atoms with Gasteiger partial charge < -0.3 is 0 Å². The van der Waals surface area contributed by atoms with Crippen LogP contribution in [0, 0.1) is 11.3 Å². The Morgan fingerprint density at radius 2 is 1.56 bits per heavy atom. The van der Waals surface area contributed by atoms with Crippen LogP contribution in [0.2, 0.25) is 0 Å². The molecule has 130 valence electrons. The fourth-order valence-corrected chi connectivity index (χ4v) is 3.66. The standard InChI is InChI=1S/C24H29N/c1-18(15-19-11-7-5-8-12-19)22-17-25-23(24(2,3)4)16-21(22)20-13-9-6-10-14-20/h5-14,17-18,21H,15-16H2,1-4H3. The number of benzene rings is 2. The van der Waals surface area contributed by atoms with Crippen molar-refractivity contribution in [2.24, 2.45) is 16.3 Å². The van der Waals surface area contributed by atoms with Crippen molar-refractivity contribution < 1.29 is 0 Å². The van der Waals surface area contributed by atoms with Crippen molar-refractivity contribution in [1.82, 2.24) is 0 Å². The molecule has 0 N–H and O–H groups in total. The third-order valence-corrected chi connectivity index (χ3v) is 5.19. The molecule has 2 atom stereocenters. The molecule has 0 radical (unpaired) electrons. The molecule has 0 saturated carbocycles. The van der Waals surface area contributed by atoms with Crippen LogP contribution in [0.4, 0.5) is 0 Å². The molecule has 2 aromatic carbocycles. The van der Waals surface area contributed by atoms with Crippen LogP contribution >= 0.6 is 0 Å². The van der Waals surface area contributed by atoms with Crippen LogP contribution in [0.5, 0.6) is 0 Å². The molecule has 2 unspecified atom stereocenters. The number of aliphatic imine (C=N–C) groups is 1. The van der Waals surface area contributed by atoms with Gasteiger partial charge in [-0.15, -0.1) is 0 Å². The third-order valence-electron chi connectivity index (χ3n) is 5.19. The van der Waals surface area contributed by atoms with E-state index in [1.165, 1.54) is 22.4 Å². The number of nitrogens with zero attached hydrogens (tertiary/aromatic N) is 1. The summed E-state index contributed by atoms with van der Waals surface area (Å²) in [6.07, 6.45) is 4.25. The van der Waals surface area contributed by atoms with Crippen molar-refractivity contribution in [3.63, 3.8) is 0 Å². The summed E-state index contributed by atoms with van der Waals surface area (Å²) in [4.78, 5) is 4.88. The van der Waals surface area contributed by atoms with Gasteiger partial charge in [-0.3, -0.25) is 4.99 Å². The van der Waals surface area contributed by atoms with Gasteiger partial charge in [0.25, 0.3) is 0 Å². The van der Waals surface area contributed by atoms with Gasteiger partial charge in [0.05, 0.1) is 0 Å². The average Bonchev–Trinajstić information content (AvgIpc) is 2.62. The highest BCUT2D eigenvalue weighted by Crippen LogP contribution is 2.39. The first kappa shape index (κ1) is 17.7. The normalized spacial score (nSPS) is 19.1. The first-order valence-corrected chi connectivity index (χ1v) is 9.31. The lowest BCUT2D eigenvalue weighted by atomic mass is 9.74. The Hall–Kier alpha value is -2.15. The zero-order valence-electron chi connectivity index (χ0n) is 15.9. The second-order valence-electron chi connectivity index (χ2n) is 8.21. The fourth-order valence-electron chi connectivity index (χ4n) is 3.66. The maximum absolute atomic E-state index is 4.88. The molecule has 0 aliphatic carbocycles. The van der Waals surface area contributed by atoms with Gasteiger partial charge in [-0.25, -0.2) is 0 Å².